The van der Waals surface area contributed by atoms with Crippen LogP contribution in [0.5, 0.6) is 5.75 Å². The molecule has 4 aromatic rings. The van der Waals surface area contributed by atoms with Crippen LogP contribution in [-0.2, 0) is 6.54 Å². The minimum absolute atomic E-state index is 0.00149. The first-order chi connectivity index (χ1) is 14.1. The molecule has 0 bridgehead atoms. The summed E-state index contributed by atoms with van der Waals surface area (Å²) in [5.74, 6) is 0.505. The summed E-state index contributed by atoms with van der Waals surface area (Å²) in [4.78, 5) is 30.5. The van der Waals surface area contributed by atoms with E-state index in [0.717, 1.165) is 5.52 Å². The molecule has 0 amide bonds. The summed E-state index contributed by atoms with van der Waals surface area (Å²) in [6.45, 7) is 0.00149. The number of hydrogen-bond acceptors (Lipinski definition) is 4. The maximum absolute atomic E-state index is 13.1. The Kier molecular flexibility index (Phi) is 5.14. The standard InChI is InChI=1S/C23H17ClN2O3/c1-29-18-12-8-15(9-13-18)21(27)14-26-20-5-3-2-4-19(20)25-23(26)22(28)16-6-10-17(24)11-7-16/h2-13H,14H2,1H3. The van der Waals surface area contributed by atoms with Crippen molar-refractivity contribution in [2.75, 3.05) is 7.11 Å². The Bertz CT molecular complexity index is 1200. The summed E-state index contributed by atoms with van der Waals surface area (Å²) in [7, 11) is 1.57. The van der Waals surface area contributed by atoms with Crippen molar-refractivity contribution in [3.8, 4) is 5.75 Å². The third kappa shape index (κ3) is 3.77. The maximum Gasteiger partial charge on any atom is 0.228 e. The van der Waals surface area contributed by atoms with Gasteiger partial charge in [0.2, 0.25) is 5.78 Å². The Morgan fingerprint density at radius 3 is 2.28 bits per heavy atom. The van der Waals surface area contributed by atoms with Gasteiger partial charge in [-0.05, 0) is 60.7 Å². The predicted molar refractivity (Wildman–Crippen MR) is 112 cm³/mol. The molecule has 0 aliphatic heterocycles. The average Bonchev–Trinajstić information content (AvgIpc) is 3.12. The van der Waals surface area contributed by atoms with Gasteiger partial charge in [-0.3, -0.25) is 9.59 Å². The number of methoxy groups -OCH3 is 1. The van der Waals surface area contributed by atoms with Crippen LogP contribution in [0.15, 0.2) is 72.8 Å². The van der Waals surface area contributed by atoms with Crippen molar-refractivity contribution in [2.45, 2.75) is 6.54 Å². The third-order valence-corrected chi connectivity index (χ3v) is 4.93. The van der Waals surface area contributed by atoms with Crippen LogP contribution in [-0.4, -0.2) is 28.2 Å². The molecule has 1 aromatic heterocycles. The van der Waals surface area contributed by atoms with E-state index in [-0.39, 0.29) is 23.9 Å². The molecule has 144 valence electrons. The summed E-state index contributed by atoms with van der Waals surface area (Å²) in [6, 6.07) is 20.9. The van der Waals surface area contributed by atoms with Gasteiger partial charge in [0.15, 0.2) is 11.6 Å². The molecule has 4 rings (SSSR count). The second-order valence-corrected chi connectivity index (χ2v) is 6.93. The molecule has 3 aromatic carbocycles. The molecule has 0 aliphatic carbocycles. The van der Waals surface area contributed by atoms with Crippen LogP contribution >= 0.6 is 11.6 Å². The van der Waals surface area contributed by atoms with Crippen molar-refractivity contribution >= 4 is 34.2 Å². The number of rotatable bonds is 6. The average molecular weight is 405 g/mol. The van der Waals surface area contributed by atoms with Crippen molar-refractivity contribution in [2.24, 2.45) is 0 Å². The molecule has 0 aliphatic rings. The van der Waals surface area contributed by atoms with E-state index in [4.69, 9.17) is 16.3 Å². The first-order valence-corrected chi connectivity index (χ1v) is 9.37. The SMILES string of the molecule is COc1ccc(C(=O)Cn2c(C(=O)c3ccc(Cl)cc3)nc3ccccc32)cc1. The lowest BCUT2D eigenvalue weighted by Gasteiger charge is -2.09. The summed E-state index contributed by atoms with van der Waals surface area (Å²) < 4.78 is 6.81. The second-order valence-electron chi connectivity index (χ2n) is 6.50. The van der Waals surface area contributed by atoms with E-state index in [0.29, 0.717) is 27.4 Å². The number of Topliss-reactive ketones (excluding diaryl/α,β-unsaturated/α-hetero) is 1. The fraction of sp³-hybridized carbons (Fsp3) is 0.0870. The molecule has 0 atom stereocenters. The molecule has 29 heavy (non-hydrogen) atoms. The van der Waals surface area contributed by atoms with Crippen LogP contribution in [0.25, 0.3) is 11.0 Å². The number of carbonyl (C=O) groups is 2. The molecule has 1 heterocycles. The Morgan fingerprint density at radius 2 is 1.59 bits per heavy atom. The lowest BCUT2D eigenvalue weighted by molar-refractivity contribution is 0.0968. The Balaban J connectivity index is 1.74. The summed E-state index contributed by atoms with van der Waals surface area (Å²) in [5, 5.41) is 0.546. The lowest BCUT2D eigenvalue weighted by atomic mass is 10.1. The zero-order valence-electron chi connectivity index (χ0n) is 15.6. The molecular formula is C23H17ClN2O3. The Labute approximate surface area is 172 Å². The van der Waals surface area contributed by atoms with Gasteiger partial charge in [0, 0.05) is 16.1 Å². The highest BCUT2D eigenvalue weighted by Gasteiger charge is 2.21. The minimum Gasteiger partial charge on any atom is -0.497 e. The van der Waals surface area contributed by atoms with E-state index in [2.05, 4.69) is 4.98 Å². The van der Waals surface area contributed by atoms with Crippen LogP contribution in [0.1, 0.15) is 26.5 Å². The monoisotopic (exact) mass is 404 g/mol. The van der Waals surface area contributed by atoms with E-state index in [1.54, 1.807) is 60.2 Å². The number of ketones is 2. The molecule has 0 unspecified atom stereocenters. The molecule has 0 saturated heterocycles. The number of para-hydroxylation sites is 2. The predicted octanol–water partition coefficient (Wildman–Crippen LogP) is 4.81. The summed E-state index contributed by atoms with van der Waals surface area (Å²) in [5.41, 5.74) is 2.38. The van der Waals surface area contributed by atoms with Gasteiger partial charge in [-0.1, -0.05) is 23.7 Å². The topological polar surface area (TPSA) is 61.2 Å². The van der Waals surface area contributed by atoms with Gasteiger partial charge >= 0.3 is 0 Å². The highest BCUT2D eigenvalue weighted by atomic mass is 35.5. The summed E-state index contributed by atoms with van der Waals surface area (Å²) in [6.07, 6.45) is 0. The van der Waals surface area contributed by atoms with E-state index < -0.39 is 0 Å². The van der Waals surface area contributed by atoms with Crippen LogP contribution in [0.4, 0.5) is 0 Å². The Morgan fingerprint density at radius 1 is 0.931 bits per heavy atom. The van der Waals surface area contributed by atoms with Crippen molar-refractivity contribution < 1.29 is 14.3 Å². The van der Waals surface area contributed by atoms with E-state index >= 15 is 0 Å². The first kappa shape index (κ1) is 18.9. The largest absolute Gasteiger partial charge is 0.497 e. The van der Waals surface area contributed by atoms with Crippen molar-refractivity contribution in [3.63, 3.8) is 0 Å². The van der Waals surface area contributed by atoms with Gasteiger partial charge in [-0.2, -0.15) is 0 Å². The number of fused-ring (bicyclic) bond motifs is 1. The normalized spacial score (nSPS) is 10.8. The van der Waals surface area contributed by atoms with Crippen LogP contribution in [0, 0.1) is 0 Å². The van der Waals surface area contributed by atoms with Crippen LogP contribution in [0.3, 0.4) is 0 Å². The number of benzene rings is 3. The highest BCUT2D eigenvalue weighted by molar-refractivity contribution is 6.30. The minimum atomic E-state index is -0.264. The molecule has 6 heteroatoms. The van der Waals surface area contributed by atoms with Gasteiger partial charge < -0.3 is 9.30 Å². The van der Waals surface area contributed by atoms with E-state index in [1.807, 2.05) is 24.3 Å². The quantitative estimate of drug-likeness (QED) is 0.432. The maximum atomic E-state index is 13.1. The van der Waals surface area contributed by atoms with E-state index in [9.17, 15) is 9.59 Å². The Hall–Kier alpha value is -3.44. The highest BCUT2D eigenvalue weighted by Crippen LogP contribution is 2.21. The summed E-state index contributed by atoms with van der Waals surface area (Å²) >= 11 is 5.93. The van der Waals surface area contributed by atoms with Crippen LogP contribution < -0.4 is 4.74 Å². The van der Waals surface area contributed by atoms with Crippen molar-refractivity contribution in [1.29, 1.82) is 0 Å². The molecular weight excluding hydrogens is 388 g/mol. The third-order valence-electron chi connectivity index (χ3n) is 4.68. The number of aromatic nitrogens is 2. The fourth-order valence-electron chi connectivity index (χ4n) is 3.15. The first-order valence-electron chi connectivity index (χ1n) is 8.99. The van der Waals surface area contributed by atoms with Crippen molar-refractivity contribution in [1.82, 2.24) is 9.55 Å². The van der Waals surface area contributed by atoms with Gasteiger partial charge in [-0.15, -0.1) is 0 Å². The fourth-order valence-corrected chi connectivity index (χ4v) is 3.28. The zero-order chi connectivity index (χ0) is 20.4. The molecule has 0 N–H and O–H groups in total. The van der Waals surface area contributed by atoms with Gasteiger partial charge in [0.1, 0.15) is 5.75 Å². The van der Waals surface area contributed by atoms with E-state index in [1.165, 1.54) is 0 Å². The molecule has 0 saturated carbocycles. The smallest absolute Gasteiger partial charge is 0.228 e. The number of halogens is 1. The van der Waals surface area contributed by atoms with Crippen molar-refractivity contribution in [3.05, 3.63) is 94.8 Å². The zero-order valence-corrected chi connectivity index (χ0v) is 16.4. The number of hydrogen-bond donors (Lipinski definition) is 0. The number of ether oxygens (including phenoxy) is 1. The van der Waals surface area contributed by atoms with Gasteiger partial charge in [0.05, 0.1) is 24.7 Å². The second kappa shape index (κ2) is 7.89. The van der Waals surface area contributed by atoms with Gasteiger partial charge in [0.25, 0.3) is 0 Å². The molecule has 5 nitrogen and oxygen atoms in total. The van der Waals surface area contributed by atoms with Gasteiger partial charge in [-0.25, -0.2) is 4.98 Å². The number of nitrogens with zero attached hydrogens (tertiary/aromatic N) is 2. The number of carbonyl (C=O) groups excluding carboxylic acids is 2. The molecule has 0 spiro atoms. The van der Waals surface area contributed by atoms with Crippen LogP contribution in [0.2, 0.25) is 5.02 Å². The number of imidazole rings is 1. The lowest BCUT2D eigenvalue weighted by Crippen LogP contribution is -2.17. The molecule has 0 fully saturated rings. The molecule has 0 radical (unpaired) electrons.